The molecule has 0 radical (unpaired) electrons. The molecular weight excluding hydrogens is 268 g/mol. The van der Waals surface area contributed by atoms with Crippen molar-refractivity contribution in [1.29, 1.82) is 0 Å². The summed E-state index contributed by atoms with van der Waals surface area (Å²) in [6, 6.07) is 3.52. The Morgan fingerprint density at radius 3 is 2.57 bits per heavy atom. The quantitative estimate of drug-likeness (QED) is 0.758. The first-order valence-corrected chi connectivity index (χ1v) is 7.60. The van der Waals surface area contributed by atoms with Gasteiger partial charge >= 0.3 is 0 Å². The molecule has 5 heteroatoms. The average molecular weight is 294 g/mol. The summed E-state index contributed by atoms with van der Waals surface area (Å²) in [5, 5.41) is 2.86. The molecule has 0 aliphatic rings. The maximum Gasteiger partial charge on any atom is 0.256 e. The van der Waals surface area contributed by atoms with Crippen LogP contribution in [0.4, 0.5) is 5.69 Å². The van der Waals surface area contributed by atoms with E-state index in [-0.39, 0.29) is 5.91 Å². The number of rotatable bonds is 9. The molecule has 118 valence electrons. The number of hydrogen-bond donors (Lipinski definition) is 1. The molecule has 0 bridgehead atoms. The minimum atomic E-state index is -0.802. The van der Waals surface area contributed by atoms with E-state index in [0.717, 1.165) is 12.8 Å². The highest BCUT2D eigenvalue weighted by Gasteiger charge is 2.33. The first-order valence-electron chi connectivity index (χ1n) is 7.60. The number of nitrogens with zero attached hydrogens (tertiary/aromatic N) is 1. The summed E-state index contributed by atoms with van der Waals surface area (Å²) in [6.07, 6.45) is 4.27. The highest BCUT2D eigenvalue weighted by atomic mass is 16.5. The molecule has 5 nitrogen and oxygen atoms in total. The topological polar surface area (TPSA) is 60.5 Å². The van der Waals surface area contributed by atoms with Crippen molar-refractivity contribution in [2.75, 3.05) is 18.5 Å². The molecule has 0 spiro atoms. The van der Waals surface area contributed by atoms with Crippen molar-refractivity contribution >= 4 is 11.6 Å². The highest BCUT2D eigenvalue weighted by molar-refractivity contribution is 5.96. The van der Waals surface area contributed by atoms with E-state index < -0.39 is 5.60 Å². The number of unbranched alkanes of at least 4 members (excludes halogenated alkanes) is 1. The van der Waals surface area contributed by atoms with Crippen LogP contribution >= 0.6 is 0 Å². The van der Waals surface area contributed by atoms with Crippen LogP contribution in [-0.4, -0.2) is 29.7 Å². The van der Waals surface area contributed by atoms with Crippen LogP contribution in [0.1, 0.15) is 47.0 Å². The Labute approximate surface area is 127 Å². The van der Waals surface area contributed by atoms with Gasteiger partial charge in [0.2, 0.25) is 5.88 Å². The van der Waals surface area contributed by atoms with Crippen LogP contribution in [0.3, 0.4) is 0 Å². The second kappa shape index (κ2) is 8.62. The van der Waals surface area contributed by atoms with Gasteiger partial charge in [-0.05, 0) is 33.3 Å². The summed E-state index contributed by atoms with van der Waals surface area (Å²) in [5.74, 6) is 0.415. The van der Waals surface area contributed by atoms with Gasteiger partial charge in [-0.3, -0.25) is 4.79 Å². The lowest BCUT2D eigenvalue weighted by Crippen LogP contribution is -2.42. The normalized spacial score (nSPS) is 13.5. The number of anilines is 1. The molecule has 1 heterocycles. The zero-order valence-electron chi connectivity index (χ0n) is 13.4. The Kier molecular flexibility index (Phi) is 7.15. The number of amides is 1. The van der Waals surface area contributed by atoms with Gasteiger partial charge in [0, 0.05) is 12.7 Å². The minimum absolute atomic E-state index is 0.135. The average Bonchev–Trinajstić information content (AvgIpc) is 2.47. The van der Waals surface area contributed by atoms with Crippen molar-refractivity contribution in [1.82, 2.24) is 4.98 Å². The van der Waals surface area contributed by atoms with Crippen molar-refractivity contribution in [2.45, 2.75) is 52.6 Å². The molecule has 0 aromatic carbocycles. The zero-order chi connectivity index (χ0) is 15.7. The van der Waals surface area contributed by atoms with Crippen molar-refractivity contribution in [3.8, 4) is 5.88 Å². The van der Waals surface area contributed by atoms with E-state index in [1.54, 1.807) is 18.3 Å². The summed E-state index contributed by atoms with van der Waals surface area (Å²) in [5.41, 5.74) is -0.158. The number of carbonyl (C=O) groups excluding carboxylic acids is 1. The van der Waals surface area contributed by atoms with Gasteiger partial charge in [-0.15, -0.1) is 0 Å². The first kappa shape index (κ1) is 17.4. The number of aromatic nitrogens is 1. The molecule has 0 saturated carbocycles. The number of hydrogen-bond acceptors (Lipinski definition) is 4. The third kappa shape index (κ3) is 5.34. The van der Waals surface area contributed by atoms with Crippen LogP contribution in [0.5, 0.6) is 5.88 Å². The summed E-state index contributed by atoms with van der Waals surface area (Å²) < 4.78 is 10.9. The second-order valence-corrected chi connectivity index (χ2v) is 5.04. The maximum absolute atomic E-state index is 12.4. The van der Waals surface area contributed by atoms with Crippen molar-refractivity contribution in [2.24, 2.45) is 0 Å². The van der Waals surface area contributed by atoms with E-state index >= 15 is 0 Å². The second-order valence-electron chi connectivity index (χ2n) is 5.04. The molecule has 0 saturated heterocycles. The van der Waals surface area contributed by atoms with Crippen LogP contribution in [-0.2, 0) is 9.53 Å². The number of pyridine rings is 1. The van der Waals surface area contributed by atoms with Crippen LogP contribution in [0, 0.1) is 0 Å². The molecule has 1 rings (SSSR count). The van der Waals surface area contributed by atoms with E-state index in [1.807, 2.05) is 20.8 Å². The molecule has 1 amide bonds. The van der Waals surface area contributed by atoms with Gasteiger partial charge < -0.3 is 14.8 Å². The van der Waals surface area contributed by atoms with Crippen molar-refractivity contribution < 1.29 is 14.3 Å². The molecule has 1 aromatic rings. The fourth-order valence-corrected chi connectivity index (χ4v) is 2.03. The Morgan fingerprint density at radius 1 is 1.29 bits per heavy atom. The Morgan fingerprint density at radius 2 is 2.05 bits per heavy atom. The molecule has 1 N–H and O–H groups in total. The third-order valence-electron chi connectivity index (χ3n) is 3.24. The van der Waals surface area contributed by atoms with Crippen LogP contribution in [0.15, 0.2) is 18.3 Å². The van der Waals surface area contributed by atoms with Gasteiger partial charge in [-0.2, -0.15) is 0 Å². The fraction of sp³-hybridized carbons (Fsp3) is 0.625. The van der Waals surface area contributed by atoms with Crippen molar-refractivity contribution in [3.05, 3.63) is 18.3 Å². The summed E-state index contributed by atoms with van der Waals surface area (Å²) >= 11 is 0. The van der Waals surface area contributed by atoms with Gasteiger partial charge in [0.25, 0.3) is 5.91 Å². The standard InChI is InChI=1S/C16H26N2O3/c1-5-8-11-16(4,21-7-3)15(19)18-13-9-10-14(17-12-13)20-6-2/h9-10,12H,5-8,11H2,1-4H3,(H,18,19)/t16-/m1/s1. The Bertz CT molecular complexity index is 434. The predicted octanol–water partition coefficient (Wildman–Crippen LogP) is 3.40. The molecule has 0 unspecified atom stereocenters. The largest absolute Gasteiger partial charge is 0.478 e. The Hall–Kier alpha value is -1.62. The predicted molar refractivity (Wildman–Crippen MR) is 83.6 cm³/mol. The number of carbonyl (C=O) groups is 1. The molecule has 1 atom stereocenters. The van der Waals surface area contributed by atoms with Gasteiger partial charge in [-0.25, -0.2) is 4.98 Å². The monoisotopic (exact) mass is 294 g/mol. The van der Waals surface area contributed by atoms with E-state index in [9.17, 15) is 4.79 Å². The van der Waals surface area contributed by atoms with E-state index in [0.29, 0.717) is 31.2 Å². The molecular formula is C16H26N2O3. The third-order valence-corrected chi connectivity index (χ3v) is 3.24. The van der Waals surface area contributed by atoms with Gasteiger partial charge in [0.05, 0.1) is 18.5 Å². The molecule has 0 fully saturated rings. The molecule has 0 aliphatic heterocycles. The summed E-state index contributed by atoms with van der Waals surface area (Å²) in [4.78, 5) is 16.6. The maximum atomic E-state index is 12.4. The molecule has 0 aliphatic carbocycles. The minimum Gasteiger partial charge on any atom is -0.478 e. The van der Waals surface area contributed by atoms with E-state index in [2.05, 4.69) is 17.2 Å². The summed E-state index contributed by atoms with van der Waals surface area (Å²) in [6.45, 7) is 8.81. The van der Waals surface area contributed by atoms with E-state index in [4.69, 9.17) is 9.47 Å². The first-order chi connectivity index (χ1) is 10.1. The van der Waals surface area contributed by atoms with Crippen LogP contribution in [0.25, 0.3) is 0 Å². The fourth-order valence-electron chi connectivity index (χ4n) is 2.03. The SMILES string of the molecule is CCCC[C@@](C)(OCC)C(=O)Nc1ccc(OCC)nc1. The van der Waals surface area contributed by atoms with E-state index in [1.165, 1.54) is 0 Å². The highest BCUT2D eigenvalue weighted by Crippen LogP contribution is 2.22. The smallest absolute Gasteiger partial charge is 0.256 e. The lowest BCUT2D eigenvalue weighted by Gasteiger charge is -2.28. The van der Waals surface area contributed by atoms with Crippen LogP contribution in [0.2, 0.25) is 0 Å². The Balaban J connectivity index is 2.71. The van der Waals surface area contributed by atoms with Gasteiger partial charge in [-0.1, -0.05) is 19.8 Å². The lowest BCUT2D eigenvalue weighted by atomic mass is 9.97. The molecule has 1 aromatic heterocycles. The van der Waals surface area contributed by atoms with Crippen molar-refractivity contribution in [3.63, 3.8) is 0 Å². The van der Waals surface area contributed by atoms with Gasteiger partial charge in [0.15, 0.2) is 0 Å². The number of nitrogens with one attached hydrogen (secondary N) is 1. The lowest BCUT2D eigenvalue weighted by molar-refractivity contribution is -0.139. The van der Waals surface area contributed by atoms with Gasteiger partial charge in [0.1, 0.15) is 5.60 Å². The van der Waals surface area contributed by atoms with Crippen LogP contribution < -0.4 is 10.1 Å². The number of ether oxygens (including phenoxy) is 2. The zero-order valence-corrected chi connectivity index (χ0v) is 13.4. The summed E-state index contributed by atoms with van der Waals surface area (Å²) in [7, 11) is 0. The molecule has 21 heavy (non-hydrogen) atoms.